The fraction of sp³-hybridized carbons (Fsp3) is 0.562. The highest BCUT2D eigenvalue weighted by Gasteiger charge is 2.29. The molecule has 132 valence electrons. The molecule has 1 aliphatic heterocycles. The van der Waals surface area contributed by atoms with Crippen molar-refractivity contribution in [3.05, 3.63) is 29.8 Å². The van der Waals surface area contributed by atoms with Crippen molar-refractivity contribution < 1.29 is 9.53 Å². The van der Waals surface area contributed by atoms with E-state index in [2.05, 4.69) is 36.4 Å². The SMILES string of the molecule is CN(C)CCc1ccc(NC(=O)[C@@H]2CC[C@H](CN)O2)cc1.Cl.Cl. The minimum Gasteiger partial charge on any atom is -0.364 e. The van der Waals surface area contributed by atoms with Crippen molar-refractivity contribution in [1.82, 2.24) is 4.90 Å². The molecule has 1 aromatic carbocycles. The lowest BCUT2D eigenvalue weighted by molar-refractivity contribution is -0.126. The average Bonchev–Trinajstić information content (AvgIpc) is 2.95. The Morgan fingerprint density at radius 3 is 2.43 bits per heavy atom. The van der Waals surface area contributed by atoms with Crippen LogP contribution in [0.25, 0.3) is 0 Å². The van der Waals surface area contributed by atoms with Crippen LogP contribution in [0.4, 0.5) is 5.69 Å². The Balaban J connectivity index is 0.00000242. The minimum absolute atomic E-state index is 0. The highest BCUT2D eigenvalue weighted by atomic mass is 35.5. The number of halogens is 2. The van der Waals surface area contributed by atoms with Gasteiger partial charge in [0.15, 0.2) is 0 Å². The lowest BCUT2D eigenvalue weighted by atomic mass is 10.1. The summed E-state index contributed by atoms with van der Waals surface area (Å²) < 4.78 is 5.59. The molecule has 1 heterocycles. The molecule has 2 rings (SSSR count). The molecule has 3 N–H and O–H groups in total. The second-order valence-electron chi connectivity index (χ2n) is 5.80. The molecule has 0 aliphatic carbocycles. The first-order valence-corrected chi connectivity index (χ1v) is 7.48. The molecule has 1 aliphatic rings. The van der Waals surface area contributed by atoms with Crippen molar-refractivity contribution in [2.45, 2.75) is 31.5 Å². The standard InChI is InChI=1S/C16H25N3O2.2ClH/c1-19(2)10-9-12-3-5-13(6-4-12)18-16(20)15-8-7-14(11-17)21-15;;/h3-6,14-15H,7-11,17H2,1-2H3,(H,18,20);2*1H/t14-,15+;;/m1../s1. The Morgan fingerprint density at radius 2 is 1.91 bits per heavy atom. The Labute approximate surface area is 150 Å². The minimum atomic E-state index is -0.369. The van der Waals surface area contributed by atoms with Crippen molar-refractivity contribution in [3.63, 3.8) is 0 Å². The number of rotatable bonds is 6. The zero-order chi connectivity index (χ0) is 15.2. The molecule has 0 radical (unpaired) electrons. The predicted molar refractivity (Wildman–Crippen MR) is 98.8 cm³/mol. The Kier molecular flexibility index (Phi) is 10.4. The van der Waals surface area contributed by atoms with E-state index in [9.17, 15) is 4.79 Å². The van der Waals surface area contributed by atoms with Gasteiger partial charge in [-0.05, 0) is 51.1 Å². The molecule has 5 nitrogen and oxygen atoms in total. The summed E-state index contributed by atoms with van der Waals surface area (Å²) in [5, 5.41) is 2.91. The zero-order valence-electron chi connectivity index (χ0n) is 13.7. The first kappa shape index (κ1) is 22.1. The van der Waals surface area contributed by atoms with Crippen LogP contribution in [0.5, 0.6) is 0 Å². The summed E-state index contributed by atoms with van der Waals surface area (Å²) in [5.74, 6) is -0.0769. The van der Waals surface area contributed by atoms with Crippen molar-refractivity contribution >= 4 is 36.4 Å². The fourth-order valence-electron chi connectivity index (χ4n) is 2.40. The van der Waals surface area contributed by atoms with Crippen LogP contribution in [0.15, 0.2) is 24.3 Å². The monoisotopic (exact) mass is 363 g/mol. The Hall–Kier alpha value is -0.850. The zero-order valence-corrected chi connectivity index (χ0v) is 15.3. The van der Waals surface area contributed by atoms with Gasteiger partial charge in [0.05, 0.1) is 6.10 Å². The van der Waals surface area contributed by atoms with Crippen LogP contribution in [-0.4, -0.2) is 50.2 Å². The maximum absolute atomic E-state index is 12.1. The molecule has 1 aromatic rings. The van der Waals surface area contributed by atoms with Gasteiger partial charge in [0, 0.05) is 18.8 Å². The number of hydrogen-bond donors (Lipinski definition) is 2. The van der Waals surface area contributed by atoms with E-state index in [1.54, 1.807) is 0 Å². The third-order valence-corrected chi connectivity index (χ3v) is 3.73. The van der Waals surface area contributed by atoms with Crippen LogP contribution in [-0.2, 0) is 16.0 Å². The number of nitrogens with two attached hydrogens (primary N) is 1. The highest BCUT2D eigenvalue weighted by molar-refractivity contribution is 5.94. The van der Waals surface area contributed by atoms with Crippen LogP contribution in [0.2, 0.25) is 0 Å². The molecular weight excluding hydrogens is 337 g/mol. The fourth-order valence-corrected chi connectivity index (χ4v) is 2.40. The number of carbonyl (C=O) groups is 1. The normalized spacial score (nSPS) is 19.8. The van der Waals surface area contributed by atoms with Crippen LogP contribution < -0.4 is 11.1 Å². The summed E-state index contributed by atoms with van der Waals surface area (Å²) in [4.78, 5) is 14.2. The number of hydrogen-bond acceptors (Lipinski definition) is 4. The van der Waals surface area contributed by atoms with Crippen LogP contribution in [0.1, 0.15) is 18.4 Å². The molecular formula is C16H27Cl2N3O2. The van der Waals surface area contributed by atoms with E-state index in [1.165, 1.54) is 5.56 Å². The molecule has 1 fully saturated rings. The average molecular weight is 364 g/mol. The molecule has 0 aromatic heterocycles. The van der Waals surface area contributed by atoms with E-state index >= 15 is 0 Å². The van der Waals surface area contributed by atoms with E-state index in [0.717, 1.165) is 31.5 Å². The molecule has 0 unspecified atom stereocenters. The number of amides is 1. The van der Waals surface area contributed by atoms with Gasteiger partial charge < -0.3 is 20.7 Å². The van der Waals surface area contributed by atoms with E-state index < -0.39 is 0 Å². The molecule has 0 saturated carbocycles. The van der Waals surface area contributed by atoms with Gasteiger partial charge >= 0.3 is 0 Å². The summed E-state index contributed by atoms with van der Waals surface area (Å²) in [6.45, 7) is 1.49. The second kappa shape index (κ2) is 10.8. The molecule has 1 saturated heterocycles. The summed E-state index contributed by atoms with van der Waals surface area (Å²) in [6, 6.07) is 7.99. The van der Waals surface area contributed by atoms with E-state index in [4.69, 9.17) is 10.5 Å². The number of nitrogens with one attached hydrogen (secondary N) is 1. The molecule has 0 bridgehead atoms. The van der Waals surface area contributed by atoms with E-state index in [-0.39, 0.29) is 42.9 Å². The molecule has 7 heteroatoms. The number of likely N-dealkylation sites (N-methyl/N-ethyl adjacent to an activating group) is 1. The quantitative estimate of drug-likeness (QED) is 0.811. The highest BCUT2D eigenvalue weighted by Crippen LogP contribution is 2.20. The lowest BCUT2D eigenvalue weighted by Crippen LogP contribution is -2.29. The van der Waals surface area contributed by atoms with Gasteiger partial charge in [-0.25, -0.2) is 0 Å². The Bertz CT molecular complexity index is 469. The van der Waals surface area contributed by atoms with Crippen molar-refractivity contribution in [3.8, 4) is 0 Å². The summed E-state index contributed by atoms with van der Waals surface area (Å²) in [5.41, 5.74) is 7.63. The largest absolute Gasteiger partial charge is 0.364 e. The Morgan fingerprint density at radius 1 is 1.26 bits per heavy atom. The first-order chi connectivity index (χ1) is 10.1. The number of benzene rings is 1. The van der Waals surface area contributed by atoms with E-state index in [1.807, 2.05) is 12.1 Å². The van der Waals surface area contributed by atoms with Crippen molar-refractivity contribution in [2.24, 2.45) is 5.73 Å². The van der Waals surface area contributed by atoms with Gasteiger partial charge in [-0.15, -0.1) is 24.8 Å². The van der Waals surface area contributed by atoms with Crippen LogP contribution >= 0.6 is 24.8 Å². The predicted octanol–water partition coefficient (Wildman–Crippen LogP) is 2.08. The van der Waals surface area contributed by atoms with E-state index in [0.29, 0.717) is 6.54 Å². The topological polar surface area (TPSA) is 67.6 Å². The smallest absolute Gasteiger partial charge is 0.253 e. The van der Waals surface area contributed by atoms with Gasteiger partial charge in [-0.2, -0.15) is 0 Å². The van der Waals surface area contributed by atoms with Gasteiger partial charge in [0.2, 0.25) is 0 Å². The summed E-state index contributed by atoms with van der Waals surface area (Å²) in [7, 11) is 4.12. The number of anilines is 1. The lowest BCUT2D eigenvalue weighted by Gasteiger charge is -2.13. The van der Waals surface area contributed by atoms with Crippen LogP contribution in [0.3, 0.4) is 0 Å². The third kappa shape index (κ3) is 7.06. The molecule has 0 spiro atoms. The van der Waals surface area contributed by atoms with Gasteiger partial charge in [0.25, 0.3) is 5.91 Å². The van der Waals surface area contributed by atoms with Crippen LogP contribution in [0, 0.1) is 0 Å². The number of ether oxygens (including phenoxy) is 1. The van der Waals surface area contributed by atoms with Gasteiger partial charge in [0.1, 0.15) is 6.10 Å². The summed E-state index contributed by atoms with van der Waals surface area (Å²) >= 11 is 0. The maximum atomic E-state index is 12.1. The molecule has 23 heavy (non-hydrogen) atoms. The summed E-state index contributed by atoms with van der Waals surface area (Å²) in [6.07, 6.45) is 2.26. The first-order valence-electron chi connectivity index (χ1n) is 7.48. The van der Waals surface area contributed by atoms with Crippen molar-refractivity contribution in [2.75, 3.05) is 32.5 Å². The number of carbonyl (C=O) groups excluding carboxylic acids is 1. The van der Waals surface area contributed by atoms with Gasteiger partial charge in [-0.1, -0.05) is 12.1 Å². The number of nitrogens with zero attached hydrogens (tertiary/aromatic N) is 1. The molecule has 1 amide bonds. The molecule has 2 atom stereocenters. The second-order valence-corrected chi connectivity index (χ2v) is 5.80. The maximum Gasteiger partial charge on any atom is 0.253 e. The van der Waals surface area contributed by atoms with Crippen molar-refractivity contribution in [1.29, 1.82) is 0 Å². The third-order valence-electron chi connectivity index (χ3n) is 3.73. The van der Waals surface area contributed by atoms with Gasteiger partial charge in [-0.3, -0.25) is 4.79 Å².